The van der Waals surface area contributed by atoms with Crippen LogP contribution in [0.2, 0.25) is 0 Å². The Morgan fingerprint density at radius 2 is 1.90 bits per heavy atom. The minimum Gasteiger partial charge on any atom is -0.398 e. The molecule has 0 atom stereocenters. The highest BCUT2D eigenvalue weighted by Crippen LogP contribution is 2.25. The van der Waals surface area contributed by atoms with Crippen molar-refractivity contribution in [2.45, 2.75) is 18.2 Å². The molecule has 0 aliphatic carbocycles. The largest absolute Gasteiger partial charge is 0.398 e. The van der Waals surface area contributed by atoms with Gasteiger partial charge in [-0.25, -0.2) is 8.42 Å². The molecule has 2 rings (SSSR count). The second kappa shape index (κ2) is 5.85. The summed E-state index contributed by atoms with van der Waals surface area (Å²) < 4.78 is 28.0. The summed E-state index contributed by atoms with van der Waals surface area (Å²) in [7, 11) is -3.64. The molecule has 0 radical (unpaired) electrons. The van der Waals surface area contributed by atoms with Gasteiger partial charge in [0.05, 0.1) is 10.6 Å². The van der Waals surface area contributed by atoms with E-state index in [1.54, 1.807) is 18.2 Å². The highest BCUT2D eigenvalue weighted by molar-refractivity contribution is 9.10. The van der Waals surface area contributed by atoms with Gasteiger partial charge in [0, 0.05) is 10.2 Å². The Morgan fingerprint density at radius 1 is 1.20 bits per heavy atom. The highest BCUT2D eigenvalue weighted by atomic mass is 79.9. The Kier molecular flexibility index (Phi) is 4.35. The van der Waals surface area contributed by atoms with Crippen molar-refractivity contribution in [3.05, 3.63) is 52.5 Å². The van der Waals surface area contributed by atoms with Crippen LogP contribution >= 0.6 is 15.9 Å². The van der Waals surface area contributed by atoms with Gasteiger partial charge in [0.25, 0.3) is 10.0 Å². The van der Waals surface area contributed by atoms with Gasteiger partial charge in [-0.1, -0.05) is 25.1 Å². The summed E-state index contributed by atoms with van der Waals surface area (Å²) in [5, 5.41) is 0. The second-order valence-electron chi connectivity index (χ2n) is 4.30. The lowest BCUT2D eigenvalue weighted by Crippen LogP contribution is -2.14. The summed E-state index contributed by atoms with van der Waals surface area (Å²) >= 11 is 3.25. The third kappa shape index (κ3) is 3.13. The summed E-state index contributed by atoms with van der Waals surface area (Å²) in [6.07, 6.45) is 0.751. The maximum Gasteiger partial charge on any atom is 0.261 e. The van der Waals surface area contributed by atoms with E-state index in [1.807, 2.05) is 19.1 Å². The van der Waals surface area contributed by atoms with Gasteiger partial charge >= 0.3 is 0 Å². The fourth-order valence-corrected chi connectivity index (χ4v) is 3.20. The minimum atomic E-state index is -3.64. The number of nitrogens with one attached hydrogen (secondary N) is 1. The van der Waals surface area contributed by atoms with E-state index in [0.717, 1.165) is 12.0 Å². The standard InChI is InChI=1S/C14H15BrN2O2S/c1-2-10-5-3-4-6-14(10)17-20(18,19)11-7-8-12(15)13(16)9-11/h3-9,17H,2,16H2,1H3. The normalized spacial score (nSPS) is 11.3. The minimum absolute atomic E-state index is 0.143. The number of sulfonamides is 1. The summed E-state index contributed by atoms with van der Waals surface area (Å²) in [5.74, 6) is 0. The van der Waals surface area contributed by atoms with Gasteiger partial charge < -0.3 is 5.73 Å². The van der Waals surface area contributed by atoms with Crippen LogP contribution in [0.25, 0.3) is 0 Å². The Labute approximate surface area is 127 Å². The molecule has 3 N–H and O–H groups in total. The maximum atomic E-state index is 12.4. The molecular weight excluding hydrogens is 340 g/mol. The fourth-order valence-electron chi connectivity index (χ4n) is 1.82. The van der Waals surface area contributed by atoms with Crippen molar-refractivity contribution in [3.63, 3.8) is 0 Å². The molecular formula is C14H15BrN2O2S. The highest BCUT2D eigenvalue weighted by Gasteiger charge is 2.16. The molecule has 0 amide bonds. The maximum absolute atomic E-state index is 12.4. The molecule has 0 spiro atoms. The summed E-state index contributed by atoms with van der Waals surface area (Å²) in [6.45, 7) is 1.98. The van der Waals surface area contributed by atoms with Gasteiger partial charge in [-0.3, -0.25) is 4.72 Å². The Hall–Kier alpha value is -1.53. The summed E-state index contributed by atoms with van der Waals surface area (Å²) in [4.78, 5) is 0.143. The first kappa shape index (κ1) is 14.9. The van der Waals surface area contributed by atoms with E-state index in [-0.39, 0.29) is 4.90 Å². The van der Waals surface area contributed by atoms with Crippen LogP contribution in [-0.2, 0) is 16.4 Å². The lowest BCUT2D eigenvalue weighted by Gasteiger charge is -2.12. The Bertz CT molecular complexity index is 730. The number of nitrogens with two attached hydrogens (primary N) is 1. The van der Waals surface area contributed by atoms with Gasteiger partial charge in [0.2, 0.25) is 0 Å². The molecule has 0 saturated heterocycles. The van der Waals surface area contributed by atoms with E-state index >= 15 is 0 Å². The van der Waals surface area contributed by atoms with Crippen molar-refractivity contribution in [2.75, 3.05) is 10.5 Å². The van der Waals surface area contributed by atoms with Gasteiger partial charge in [0.15, 0.2) is 0 Å². The van der Waals surface area contributed by atoms with Crippen LogP contribution in [0.15, 0.2) is 51.8 Å². The first-order valence-electron chi connectivity index (χ1n) is 6.10. The third-order valence-electron chi connectivity index (χ3n) is 2.92. The lowest BCUT2D eigenvalue weighted by atomic mass is 10.1. The Balaban J connectivity index is 2.38. The monoisotopic (exact) mass is 354 g/mol. The SMILES string of the molecule is CCc1ccccc1NS(=O)(=O)c1ccc(Br)c(N)c1. The van der Waals surface area contributed by atoms with E-state index < -0.39 is 10.0 Å². The average Bonchev–Trinajstić information content (AvgIpc) is 2.42. The number of halogens is 1. The number of benzene rings is 2. The molecule has 0 aromatic heterocycles. The second-order valence-corrected chi connectivity index (χ2v) is 6.84. The topological polar surface area (TPSA) is 72.2 Å². The molecule has 0 aliphatic rings. The van der Waals surface area contributed by atoms with Gasteiger partial charge in [-0.05, 0) is 52.2 Å². The number of nitrogen functional groups attached to an aromatic ring is 1. The Morgan fingerprint density at radius 3 is 2.55 bits per heavy atom. The van der Waals surface area contributed by atoms with Crippen LogP contribution < -0.4 is 10.5 Å². The van der Waals surface area contributed by atoms with E-state index in [9.17, 15) is 8.42 Å². The van der Waals surface area contributed by atoms with Crippen molar-refractivity contribution in [2.24, 2.45) is 0 Å². The number of para-hydroxylation sites is 1. The smallest absolute Gasteiger partial charge is 0.261 e. The van der Waals surface area contributed by atoms with E-state index in [4.69, 9.17) is 5.73 Å². The molecule has 4 nitrogen and oxygen atoms in total. The van der Waals surface area contributed by atoms with Crippen LogP contribution in [0.1, 0.15) is 12.5 Å². The van der Waals surface area contributed by atoms with E-state index in [1.165, 1.54) is 12.1 Å². The third-order valence-corrected chi connectivity index (χ3v) is 5.01. The van der Waals surface area contributed by atoms with Crippen molar-refractivity contribution < 1.29 is 8.42 Å². The summed E-state index contributed by atoms with van der Waals surface area (Å²) in [5.41, 5.74) is 7.65. The van der Waals surface area contributed by atoms with Crippen molar-refractivity contribution in [3.8, 4) is 0 Å². The molecule has 2 aromatic carbocycles. The first-order chi connectivity index (χ1) is 9.44. The van der Waals surface area contributed by atoms with Crippen molar-refractivity contribution >= 4 is 37.3 Å². The number of hydrogen-bond donors (Lipinski definition) is 2. The van der Waals surface area contributed by atoms with Crippen molar-refractivity contribution in [1.82, 2.24) is 0 Å². The number of aryl methyl sites for hydroxylation is 1. The van der Waals surface area contributed by atoms with Crippen LogP contribution in [0.4, 0.5) is 11.4 Å². The molecule has 6 heteroatoms. The number of hydrogen-bond acceptors (Lipinski definition) is 3. The van der Waals surface area contributed by atoms with Crippen molar-refractivity contribution in [1.29, 1.82) is 0 Å². The molecule has 0 saturated carbocycles. The van der Waals surface area contributed by atoms with Crippen LogP contribution in [0, 0.1) is 0 Å². The molecule has 106 valence electrons. The first-order valence-corrected chi connectivity index (χ1v) is 8.37. The zero-order valence-corrected chi connectivity index (χ0v) is 13.3. The zero-order chi connectivity index (χ0) is 14.8. The molecule has 0 heterocycles. The molecule has 20 heavy (non-hydrogen) atoms. The van der Waals surface area contributed by atoms with E-state index in [2.05, 4.69) is 20.7 Å². The van der Waals surface area contributed by atoms with Gasteiger partial charge in [0.1, 0.15) is 0 Å². The molecule has 0 unspecified atom stereocenters. The van der Waals surface area contributed by atoms with Crippen LogP contribution in [0.3, 0.4) is 0 Å². The number of anilines is 2. The van der Waals surface area contributed by atoms with Crippen LogP contribution in [-0.4, -0.2) is 8.42 Å². The average molecular weight is 355 g/mol. The van der Waals surface area contributed by atoms with E-state index in [0.29, 0.717) is 15.8 Å². The molecule has 0 aliphatic heterocycles. The van der Waals surface area contributed by atoms with Crippen LogP contribution in [0.5, 0.6) is 0 Å². The molecule has 2 aromatic rings. The molecule has 0 bridgehead atoms. The lowest BCUT2D eigenvalue weighted by molar-refractivity contribution is 0.601. The zero-order valence-electron chi connectivity index (χ0n) is 10.9. The number of rotatable bonds is 4. The quantitative estimate of drug-likeness (QED) is 0.826. The molecule has 0 fully saturated rings. The predicted molar refractivity (Wildman–Crippen MR) is 85.2 cm³/mol. The fraction of sp³-hybridized carbons (Fsp3) is 0.143. The van der Waals surface area contributed by atoms with Gasteiger partial charge in [-0.15, -0.1) is 0 Å². The van der Waals surface area contributed by atoms with Gasteiger partial charge in [-0.2, -0.15) is 0 Å². The summed E-state index contributed by atoms with van der Waals surface area (Å²) in [6, 6.07) is 11.9. The predicted octanol–water partition coefficient (Wildman–Crippen LogP) is 3.39.